The molecule has 0 amide bonds. The average Bonchev–Trinajstić information content (AvgIpc) is 2.32. The summed E-state index contributed by atoms with van der Waals surface area (Å²) in [6.07, 6.45) is 1.38. The van der Waals surface area contributed by atoms with Crippen LogP contribution in [-0.2, 0) is 19.6 Å². The first-order valence-electron chi connectivity index (χ1n) is 6.80. The van der Waals surface area contributed by atoms with E-state index in [0.717, 1.165) is 10.8 Å². The van der Waals surface area contributed by atoms with E-state index < -0.39 is 11.2 Å². The second kappa shape index (κ2) is 7.11. The Morgan fingerprint density at radius 1 is 0.952 bits per heavy atom. The van der Waals surface area contributed by atoms with E-state index in [1.54, 1.807) is 0 Å². The van der Waals surface area contributed by atoms with Gasteiger partial charge in [0.2, 0.25) is 5.76 Å². The van der Waals surface area contributed by atoms with Gasteiger partial charge in [0.15, 0.2) is 6.26 Å². The van der Waals surface area contributed by atoms with Crippen LogP contribution >= 0.6 is 0 Å². The van der Waals surface area contributed by atoms with Gasteiger partial charge in [0, 0.05) is 5.56 Å². The van der Waals surface area contributed by atoms with Crippen molar-refractivity contribution in [1.29, 1.82) is 0 Å². The molecular formula is C16H23O4Si. The summed E-state index contributed by atoms with van der Waals surface area (Å²) in [5, 5.41) is 0.862. The van der Waals surface area contributed by atoms with Gasteiger partial charge in [0.1, 0.15) is 11.2 Å². The van der Waals surface area contributed by atoms with Gasteiger partial charge < -0.3 is 9.78 Å². The highest BCUT2D eigenvalue weighted by atomic mass is 28.1. The summed E-state index contributed by atoms with van der Waals surface area (Å²) in [6.45, 7) is 11.4. The fourth-order valence-electron chi connectivity index (χ4n) is 1.21. The summed E-state index contributed by atoms with van der Waals surface area (Å²) in [4.78, 5) is 21.1. The van der Waals surface area contributed by atoms with Crippen molar-refractivity contribution >= 4 is 21.2 Å². The zero-order chi connectivity index (χ0) is 16.1. The quantitative estimate of drug-likeness (QED) is 0.362. The normalized spacial score (nSPS) is 13.2. The molecule has 115 valence electrons. The Bertz CT molecular complexity index is 484. The van der Waals surface area contributed by atoms with E-state index in [1.165, 1.54) is 6.26 Å². The van der Waals surface area contributed by atoms with Gasteiger partial charge in [-0.1, -0.05) is 29.5 Å². The lowest BCUT2D eigenvalue weighted by Crippen LogP contribution is -2.21. The fraction of sp³-hybridized carbons (Fsp3) is 0.500. The lowest BCUT2D eigenvalue weighted by molar-refractivity contribution is -0.321. The lowest BCUT2D eigenvalue weighted by atomic mass is 10.2. The highest BCUT2D eigenvalue weighted by molar-refractivity contribution is 6.34. The van der Waals surface area contributed by atoms with Crippen LogP contribution < -0.4 is 5.19 Å². The zero-order valence-corrected chi connectivity index (χ0v) is 14.5. The molecule has 21 heavy (non-hydrogen) atoms. The highest BCUT2D eigenvalue weighted by Gasteiger charge is 2.17. The Morgan fingerprint density at radius 2 is 1.52 bits per heavy atom. The molecule has 0 spiro atoms. The van der Waals surface area contributed by atoms with E-state index in [-0.39, 0.29) is 0 Å². The number of hydrogen-bond acceptors (Lipinski definition) is 4. The van der Waals surface area contributed by atoms with Gasteiger partial charge in [-0.25, -0.2) is 0 Å². The molecule has 0 heterocycles. The zero-order valence-electron chi connectivity index (χ0n) is 13.5. The molecule has 0 atom stereocenters. The monoisotopic (exact) mass is 307 g/mol. The van der Waals surface area contributed by atoms with Gasteiger partial charge in [0.05, 0.1) is 10.2 Å². The molecule has 0 saturated heterocycles. The number of benzene rings is 1. The van der Waals surface area contributed by atoms with Crippen molar-refractivity contribution in [1.82, 2.24) is 0 Å². The van der Waals surface area contributed by atoms with Crippen LogP contribution in [0.2, 0.25) is 0 Å². The molecule has 0 aliphatic carbocycles. The van der Waals surface area contributed by atoms with Crippen molar-refractivity contribution in [2.45, 2.75) is 52.7 Å². The van der Waals surface area contributed by atoms with Gasteiger partial charge in [0.25, 0.3) is 0 Å². The first kappa shape index (κ1) is 17.7. The van der Waals surface area contributed by atoms with Gasteiger partial charge in [-0.15, -0.1) is 0 Å². The first-order chi connectivity index (χ1) is 9.58. The summed E-state index contributed by atoms with van der Waals surface area (Å²) in [5.41, 5.74) is -0.0547. The van der Waals surface area contributed by atoms with Gasteiger partial charge in [-0.05, 0) is 41.5 Å². The molecule has 1 aromatic carbocycles. The number of rotatable bonds is 5. The molecule has 0 bridgehead atoms. The van der Waals surface area contributed by atoms with E-state index in [0.29, 0.717) is 5.76 Å². The van der Waals surface area contributed by atoms with Crippen LogP contribution in [0.5, 0.6) is 0 Å². The summed E-state index contributed by atoms with van der Waals surface area (Å²) in [7, 11) is 3.53. The molecule has 0 aromatic heterocycles. The molecule has 0 aliphatic heterocycles. The van der Waals surface area contributed by atoms with E-state index in [9.17, 15) is 0 Å². The molecule has 0 aliphatic rings. The van der Waals surface area contributed by atoms with Crippen molar-refractivity contribution in [2.24, 2.45) is 0 Å². The van der Waals surface area contributed by atoms with Crippen LogP contribution in [0.1, 0.15) is 47.1 Å². The van der Waals surface area contributed by atoms with Gasteiger partial charge >= 0.3 is 0 Å². The Morgan fingerprint density at radius 3 is 2.05 bits per heavy atom. The molecule has 0 fully saturated rings. The number of hydrogen-bond donors (Lipinski definition) is 0. The lowest BCUT2D eigenvalue weighted by Gasteiger charge is -2.20. The minimum absolute atomic E-state index is 0.416. The summed E-state index contributed by atoms with van der Waals surface area (Å²) in [6, 6.07) is 7.62. The third kappa shape index (κ3) is 7.31. The maximum absolute atomic E-state index is 5.41. The highest BCUT2D eigenvalue weighted by Crippen LogP contribution is 2.19. The Labute approximate surface area is 130 Å². The molecule has 1 aromatic rings. The minimum atomic E-state index is -0.440. The topological polar surface area (TPSA) is 36.9 Å². The Hall–Kier alpha value is -1.30. The average molecular weight is 307 g/mol. The van der Waals surface area contributed by atoms with Crippen molar-refractivity contribution in [3.05, 3.63) is 36.1 Å². The summed E-state index contributed by atoms with van der Waals surface area (Å²) < 4.78 is 0. The van der Waals surface area contributed by atoms with E-state index in [4.69, 9.17) is 19.6 Å². The van der Waals surface area contributed by atoms with Gasteiger partial charge in [-0.2, -0.15) is 9.78 Å². The smallest absolute Gasteiger partial charge is 0.210 e. The molecule has 0 saturated carbocycles. The third-order valence-corrected chi connectivity index (χ3v) is 2.46. The maximum Gasteiger partial charge on any atom is 0.210 e. The van der Waals surface area contributed by atoms with Crippen molar-refractivity contribution in [3.63, 3.8) is 0 Å². The molecule has 3 radical (unpaired) electrons. The second-order valence-corrected chi connectivity index (χ2v) is 7.14. The van der Waals surface area contributed by atoms with Crippen LogP contribution in [0.4, 0.5) is 0 Å². The van der Waals surface area contributed by atoms with Crippen molar-refractivity contribution in [2.75, 3.05) is 0 Å². The van der Waals surface area contributed by atoms with E-state index in [2.05, 4.69) is 10.2 Å². The molecule has 0 N–H and O–H groups in total. The summed E-state index contributed by atoms with van der Waals surface area (Å²) >= 11 is 0. The Balaban J connectivity index is 2.90. The molecule has 1 rings (SSSR count). The largest absolute Gasteiger partial charge is 0.341 e. The Kier molecular flexibility index (Phi) is 6.01. The predicted molar refractivity (Wildman–Crippen MR) is 83.7 cm³/mol. The standard InChI is InChI=1S/C16H23O4Si/c1-15(2,3)19-17-11-13(18-20-16(4,5)6)12-9-7-8-10-14(12)21/h7-11H,1-6H3. The van der Waals surface area contributed by atoms with E-state index in [1.807, 2.05) is 65.8 Å². The van der Waals surface area contributed by atoms with Crippen LogP contribution in [-0.4, -0.2) is 21.4 Å². The predicted octanol–water partition coefficient (Wildman–Crippen LogP) is 3.27. The molecule has 4 nitrogen and oxygen atoms in total. The molecule has 5 heteroatoms. The minimum Gasteiger partial charge on any atom is -0.341 e. The van der Waals surface area contributed by atoms with Gasteiger partial charge in [-0.3, -0.25) is 0 Å². The maximum atomic E-state index is 5.41. The first-order valence-corrected chi connectivity index (χ1v) is 7.30. The summed E-state index contributed by atoms with van der Waals surface area (Å²) in [5.74, 6) is 0.416. The molecular weight excluding hydrogens is 284 g/mol. The SMILES string of the molecule is CC(C)(C)OOC=C(OOC(C)(C)C)c1ccccc1[Si]. The fourth-order valence-corrected chi connectivity index (χ4v) is 1.51. The van der Waals surface area contributed by atoms with Crippen LogP contribution in [0.25, 0.3) is 5.76 Å². The van der Waals surface area contributed by atoms with Crippen molar-refractivity contribution in [3.8, 4) is 0 Å². The third-order valence-electron chi connectivity index (χ3n) is 2.03. The van der Waals surface area contributed by atoms with E-state index >= 15 is 0 Å². The van der Waals surface area contributed by atoms with Crippen LogP contribution in [0.3, 0.4) is 0 Å². The van der Waals surface area contributed by atoms with Crippen LogP contribution in [0.15, 0.2) is 30.5 Å². The van der Waals surface area contributed by atoms with Crippen molar-refractivity contribution < 1.29 is 19.6 Å². The van der Waals surface area contributed by atoms with Crippen LogP contribution in [0, 0.1) is 0 Å². The second-order valence-electron chi connectivity index (χ2n) is 6.60. The molecule has 0 unspecified atom stereocenters.